The first kappa shape index (κ1) is 19.1. The fourth-order valence-corrected chi connectivity index (χ4v) is 4.44. The Kier molecular flexibility index (Phi) is 5.28. The molecule has 26 heavy (non-hydrogen) atoms. The van der Waals surface area contributed by atoms with Crippen LogP contribution < -0.4 is 5.32 Å². The Hall–Kier alpha value is -1.63. The van der Waals surface area contributed by atoms with E-state index in [9.17, 15) is 14.4 Å². The number of carbonyl (C=O) groups is 3. The zero-order valence-electron chi connectivity index (χ0n) is 16.2. The highest BCUT2D eigenvalue weighted by atomic mass is 16.6. The molecule has 1 N–H and O–H groups in total. The summed E-state index contributed by atoms with van der Waals surface area (Å²) in [6.07, 6.45) is 3.87. The Morgan fingerprint density at radius 1 is 1.15 bits per heavy atom. The predicted octanol–water partition coefficient (Wildman–Crippen LogP) is 0.921. The van der Waals surface area contributed by atoms with Crippen molar-refractivity contribution in [3.8, 4) is 0 Å². The third-order valence-corrected chi connectivity index (χ3v) is 5.64. The molecule has 2 aliphatic heterocycles. The topological polar surface area (TPSA) is 79.0 Å². The summed E-state index contributed by atoms with van der Waals surface area (Å²) in [5.74, 6) is -0.496. The predicted molar refractivity (Wildman–Crippen MR) is 96.3 cm³/mol. The van der Waals surface area contributed by atoms with E-state index in [1.54, 1.807) is 0 Å². The number of ether oxygens (including phenoxy) is 1. The molecule has 0 bridgehead atoms. The van der Waals surface area contributed by atoms with Gasteiger partial charge >= 0.3 is 5.97 Å². The number of nitrogens with one attached hydrogen (secondary N) is 1. The molecule has 0 aromatic carbocycles. The summed E-state index contributed by atoms with van der Waals surface area (Å²) in [7, 11) is 0. The molecule has 7 heteroatoms. The molecule has 0 aromatic rings. The van der Waals surface area contributed by atoms with Crippen LogP contribution in [0.1, 0.15) is 52.9 Å². The van der Waals surface area contributed by atoms with E-state index in [2.05, 4.69) is 10.2 Å². The molecule has 2 heterocycles. The monoisotopic (exact) mass is 365 g/mol. The van der Waals surface area contributed by atoms with Crippen LogP contribution in [-0.4, -0.2) is 71.4 Å². The van der Waals surface area contributed by atoms with Gasteiger partial charge in [-0.1, -0.05) is 0 Å². The molecule has 1 aliphatic carbocycles. The third kappa shape index (κ3) is 4.19. The number of amides is 2. The number of hydrogen-bond acceptors (Lipinski definition) is 5. The second-order valence-corrected chi connectivity index (χ2v) is 8.90. The van der Waals surface area contributed by atoms with Crippen LogP contribution in [0.25, 0.3) is 0 Å². The molecule has 2 amide bonds. The van der Waals surface area contributed by atoms with Gasteiger partial charge in [0.25, 0.3) is 0 Å². The molecule has 2 saturated heterocycles. The molecular formula is C19H31N3O4. The smallest absolute Gasteiger partial charge is 0.307 e. The molecule has 0 radical (unpaired) electrons. The lowest BCUT2D eigenvalue weighted by molar-refractivity contribution is -0.152. The molecule has 1 atom stereocenters. The highest BCUT2D eigenvalue weighted by molar-refractivity contribution is 5.88. The summed E-state index contributed by atoms with van der Waals surface area (Å²) < 4.78 is 5.60. The van der Waals surface area contributed by atoms with E-state index in [0.29, 0.717) is 32.7 Å². The Morgan fingerprint density at radius 2 is 1.77 bits per heavy atom. The van der Waals surface area contributed by atoms with E-state index in [0.717, 1.165) is 25.7 Å². The summed E-state index contributed by atoms with van der Waals surface area (Å²) in [6.45, 7) is 8.80. The van der Waals surface area contributed by atoms with Crippen LogP contribution in [0, 0.1) is 5.92 Å². The van der Waals surface area contributed by atoms with Gasteiger partial charge in [-0.2, -0.15) is 0 Å². The summed E-state index contributed by atoms with van der Waals surface area (Å²) in [6, 6.07) is 0. The van der Waals surface area contributed by atoms with Crippen molar-refractivity contribution < 1.29 is 19.1 Å². The maximum atomic E-state index is 13.0. The summed E-state index contributed by atoms with van der Waals surface area (Å²) in [5.41, 5.74) is -0.780. The van der Waals surface area contributed by atoms with Gasteiger partial charge in [-0.25, -0.2) is 0 Å². The third-order valence-electron chi connectivity index (χ3n) is 5.64. The first-order chi connectivity index (χ1) is 12.2. The van der Waals surface area contributed by atoms with Crippen LogP contribution in [0.4, 0.5) is 0 Å². The molecule has 7 nitrogen and oxygen atoms in total. The summed E-state index contributed by atoms with van der Waals surface area (Å²) in [5, 5.41) is 2.97. The van der Waals surface area contributed by atoms with E-state index >= 15 is 0 Å². The lowest BCUT2D eigenvalue weighted by Gasteiger charge is -2.38. The minimum absolute atomic E-state index is 0.0111. The van der Waals surface area contributed by atoms with Crippen LogP contribution >= 0.6 is 0 Å². The van der Waals surface area contributed by atoms with Gasteiger partial charge in [0.15, 0.2) is 0 Å². The van der Waals surface area contributed by atoms with Crippen LogP contribution in [-0.2, 0) is 19.1 Å². The SMILES string of the molecule is CC(C)(C)NC(=O)CN1CCN(C(=O)C2CC(=O)OC23CCCC3)CC1. The van der Waals surface area contributed by atoms with Gasteiger partial charge in [0.05, 0.1) is 18.9 Å². The number of carbonyl (C=O) groups excluding carboxylic acids is 3. The van der Waals surface area contributed by atoms with Gasteiger partial charge in [-0.3, -0.25) is 19.3 Å². The fourth-order valence-electron chi connectivity index (χ4n) is 4.44. The first-order valence-corrected chi connectivity index (χ1v) is 9.73. The zero-order chi connectivity index (χ0) is 18.9. The number of esters is 1. The second-order valence-electron chi connectivity index (χ2n) is 8.90. The van der Waals surface area contributed by atoms with Crippen LogP contribution in [0.15, 0.2) is 0 Å². The number of piperazine rings is 1. The normalized spacial score (nSPS) is 26.2. The molecule has 0 aromatic heterocycles. The van der Waals surface area contributed by atoms with Crippen molar-refractivity contribution in [3.05, 3.63) is 0 Å². The quantitative estimate of drug-likeness (QED) is 0.753. The number of nitrogens with zero attached hydrogens (tertiary/aromatic N) is 2. The van der Waals surface area contributed by atoms with Gasteiger partial charge in [0.2, 0.25) is 11.8 Å². The standard InChI is InChI=1S/C19H31N3O4/c1-18(2,3)20-15(23)13-21-8-10-22(11-9-21)17(25)14-12-16(24)26-19(14)6-4-5-7-19/h14H,4-13H2,1-3H3,(H,20,23). The molecular weight excluding hydrogens is 334 g/mol. The highest BCUT2D eigenvalue weighted by Crippen LogP contribution is 2.46. The molecule has 3 aliphatic rings. The van der Waals surface area contributed by atoms with Crippen molar-refractivity contribution >= 4 is 17.8 Å². The lowest BCUT2D eigenvalue weighted by Crippen LogP contribution is -2.55. The summed E-state index contributed by atoms with van der Waals surface area (Å²) in [4.78, 5) is 40.9. The molecule has 146 valence electrons. The maximum absolute atomic E-state index is 13.0. The van der Waals surface area contributed by atoms with Gasteiger partial charge in [-0.05, 0) is 46.5 Å². The zero-order valence-corrected chi connectivity index (χ0v) is 16.2. The Bertz CT molecular complexity index is 570. The molecule has 1 spiro atoms. The maximum Gasteiger partial charge on any atom is 0.307 e. The fraction of sp³-hybridized carbons (Fsp3) is 0.842. The molecule has 3 fully saturated rings. The van der Waals surface area contributed by atoms with E-state index in [4.69, 9.17) is 4.74 Å². The molecule has 1 saturated carbocycles. The van der Waals surface area contributed by atoms with Crippen molar-refractivity contribution in [3.63, 3.8) is 0 Å². The molecule has 1 unspecified atom stereocenters. The van der Waals surface area contributed by atoms with Crippen molar-refractivity contribution in [2.45, 2.75) is 64.0 Å². The minimum Gasteiger partial charge on any atom is -0.458 e. The van der Waals surface area contributed by atoms with E-state index in [-0.39, 0.29) is 35.7 Å². The van der Waals surface area contributed by atoms with Crippen molar-refractivity contribution in [2.75, 3.05) is 32.7 Å². The Labute approximate surface area is 155 Å². The largest absolute Gasteiger partial charge is 0.458 e. The number of rotatable bonds is 3. The second kappa shape index (κ2) is 7.18. The lowest BCUT2D eigenvalue weighted by atomic mass is 9.84. The highest BCUT2D eigenvalue weighted by Gasteiger charge is 2.54. The molecule has 3 rings (SSSR count). The Balaban J connectivity index is 1.52. The van der Waals surface area contributed by atoms with Gasteiger partial charge in [0, 0.05) is 31.7 Å². The van der Waals surface area contributed by atoms with E-state index < -0.39 is 5.60 Å². The minimum atomic E-state index is -0.544. The van der Waals surface area contributed by atoms with E-state index in [1.165, 1.54) is 0 Å². The van der Waals surface area contributed by atoms with Gasteiger partial charge in [-0.15, -0.1) is 0 Å². The first-order valence-electron chi connectivity index (χ1n) is 9.73. The Morgan fingerprint density at radius 3 is 2.35 bits per heavy atom. The van der Waals surface area contributed by atoms with Crippen molar-refractivity contribution in [2.24, 2.45) is 5.92 Å². The number of hydrogen-bond donors (Lipinski definition) is 1. The summed E-state index contributed by atoms with van der Waals surface area (Å²) >= 11 is 0. The van der Waals surface area contributed by atoms with Crippen LogP contribution in [0.3, 0.4) is 0 Å². The van der Waals surface area contributed by atoms with Gasteiger partial charge in [0.1, 0.15) is 5.60 Å². The average molecular weight is 365 g/mol. The van der Waals surface area contributed by atoms with Crippen LogP contribution in [0.5, 0.6) is 0 Å². The van der Waals surface area contributed by atoms with Gasteiger partial charge < -0.3 is 15.0 Å². The van der Waals surface area contributed by atoms with E-state index in [1.807, 2.05) is 25.7 Å². The van der Waals surface area contributed by atoms with Crippen molar-refractivity contribution in [1.82, 2.24) is 15.1 Å². The average Bonchev–Trinajstić information content (AvgIpc) is 3.12. The van der Waals surface area contributed by atoms with Crippen molar-refractivity contribution in [1.29, 1.82) is 0 Å². The van der Waals surface area contributed by atoms with Crippen LogP contribution in [0.2, 0.25) is 0 Å².